The number of aromatic nitrogens is 2. The van der Waals surface area contributed by atoms with Crippen LogP contribution in [0.5, 0.6) is 0 Å². The van der Waals surface area contributed by atoms with Gasteiger partial charge in [-0.05, 0) is 108 Å². The molecular weight excluding hydrogens is 1060 g/mol. The van der Waals surface area contributed by atoms with E-state index in [9.17, 15) is 58.5 Å². The van der Waals surface area contributed by atoms with Crippen LogP contribution >= 0.6 is 11.8 Å². The molecule has 1 aromatic carbocycles. The number of benzene rings is 1. The number of carboxylic acids is 1. The number of carbonyl (C=O) groups is 9. The Balaban J connectivity index is 2.47. The van der Waals surface area contributed by atoms with Crippen molar-refractivity contribution in [3.05, 3.63) is 54.1 Å². The highest BCUT2D eigenvalue weighted by atomic mass is 32.2. The molecule has 80 heavy (non-hydrogen) atoms. The number of carboxylic acid groups (broad SMARTS) is 1. The number of aliphatic hydroxyl groups is 2. The van der Waals surface area contributed by atoms with Crippen LogP contribution in [0.25, 0.3) is 0 Å². The molecule has 0 saturated heterocycles. The number of nitrogens with one attached hydrogen (secondary N) is 9. The number of carbonyl (C=O) groups excluding carboxylic acids is 8. The van der Waals surface area contributed by atoms with Crippen LogP contribution in [0.4, 0.5) is 0 Å². The molecule has 448 valence electrons. The van der Waals surface area contributed by atoms with E-state index < -0.39 is 120 Å². The molecule has 28 nitrogen and oxygen atoms in total. The van der Waals surface area contributed by atoms with Crippen molar-refractivity contribution in [1.82, 2.24) is 52.5 Å². The number of guanidine groups is 1. The van der Waals surface area contributed by atoms with E-state index in [1.165, 1.54) is 31.2 Å². The zero-order chi connectivity index (χ0) is 59.7. The molecule has 0 fully saturated rings. The normalized spacial score (nSPS) is 14.9. The number of amides is 8. The van der Waals surface area contributed by atoms with Gasteiger partial charge in [0.15, 0.2) is 5.96 Å². The molecule has 0 aliphatic rings. The summed E-state index contributed by atoms with van der Waals surface area (Å²) in [5, 5.41) is 50.6. The number of nitrogens with two attached hydrogens (primary N) is 5. The molecular formula is C51H86N16O12S. The number of aromatic amines is 1. The van der Waals surface area contributed by atoms with E-state index in [1.54, 1.807) is 30.3 Å². The number of thioether (sulfide) groups is 1. The smallest absolute Gasteiger partial charge is 0.326 e. The summed E-state index contributed by atoms with van der Waals surface area (Å²) in [5.41, 5.74) is 29.3. The van der Waals surface area contributed by atoms with Crippen molar-refractivity contribution in [3.63, 3.8) is 0 Å². The molecule has 8 amide bonds. The van der Waals surface area contributed by atoms with Gasteiger partial charge in [-0.1, -0.05) is 44.2 Å². The number of aliphatic imine (C=N–C) groups is 1. The molecule has 0 bridgehead atoms. The standard InChI is InChI=1S/C51H86N16O12S/c1-29(2)23-37(46(74)63-36(18-22-80-4)45(73)66-39(50(78)79)24-31-13-6-5-7-14-31)64-43(71)34(16-9-11-20-53)60-42(70)33(15-8-10-19-52)61-47(75)38(25-32-26-57-28-59-32)65-44(72)35(17-12-21-58-51(55)56)62-48(76)40(27-68)67-49(77)41(54)30(3)69/h5-7,13-14,26,28-30,33-41,68-69H,8-12,15-25,27,52-54H2,1-4H3,(H,57,59)(H,60,70)(H,61,75)(H,62,76)(H,63,74)(H,64,71)(H,65,72)(H,66,73)(H,67,77)(H,78,79)(H4,55,56,58)/t30-,33+,34+,35+,36+,37+,38+,39+,40+,41+/m1/s1. The van der Waals surface area contributed by atoms with E-state index in [2.05, 4.69) is 57.5 Å². The van der Waals surface area contributed by atoms with E-state index >= 15 is 0 Å². The van der Waals surface area contributed by atoms with Gasteiger partial charge < -0.3 is 91.5 Å². The summed E-state index contributed by atoms with van der Waals surface area (Å²) >= 11 is 1.41. The van der Waals surface area contributed by atoms with Crippen LogP contribution in [0.3, 0.4) is 0 Å². The van der Waals surface area contributed by atoms with E-state index in [4.69, 9.17) is 28.7 Å². The number of imidazole rings is 1. The van der Waals surface area contributed by atoms with Crippen molar-refractivity contribution in [3.8, 4) is 0 Å². The fraction of sp³-hybridized carbons (Fsp3) is 0.627. The molecule has 0 aliphatic carbocycles. The van der Waals surface area contributed by atoms with Crippen molar-refractivity contribution < 1.29 is 58.5 Å². The third kappa shape index (κ3) is 26.4. The number of H-pyrrole nitrogens is 1. The number of aliphatic hydroxyl groups excluding tert-OH is 2. The summed E-state index contributed by atoms with van der Waals surface area (Å²) in [6, 6.07) is -3.58. The van der Waals surface area contributed by atoms with Crippen LogP contribution in [-0.4, -0.2) is 183 Å². The Morgan fingerprint density at radius 1 is 0.613 bits per heavy atom. The molecule has 2 rings (SSSR count). The quantitative estimate of drug-likeness (QED) is 0.0172. The van der Waals surface area contributed by atoms with Crippen LogP contribution in [0.2, 0.25) is 0 Å². The predicted octanol–water partition coefficient (Wildman–Crippen LogP) is -4.03. The molecule has 1 heterocycles. The SMILES string of the molecule is CSCC[C@H](NC(=O)[C@H](CC(C)C)NC(=O)[C@H](CCCCN)NC(=O)[C@H](CCCCN)NC(=O)[C@H](Cc1cnc[nH]1)NC(=O)[C@H](CCCN=C(N)N)NC(=O)[C@H](CO)NC(=O)[C@@H](N)[C@@H](C)O)C(=O)N[C@@H](Cc1ccccc1)C(=O)O. The molecule has 1 aromatic heterocycles. The molecule has 2 aromatic rings. The third-order valence-electron chi connectivity index (χ3n) is 12.5. The highest BCUT2D eigenvalue weighted by Gasteiger charge is 2.36. The van der Waals surface area contributed by atoms with Gasteiger partial charge in [0.05, 0.1) is 19.0 Å². The molecule has 0 radical (unpaired) electrons. The Morgan fingerprint density at radius 3 is 1.51 bits per heavy atom. The van der Waals surface area contributed by atoms with Gasteiger partial charge in [0.2, 0.25) is 47.3 Å². The summed E-state index contributed by atoms with van der Waals surface area (Å²) in [6.45, 7) is 4.48. The lowest BCUT2D eigenvalue weighted by atomic mass is 10.0. The Kier molecular flexibility index (Phi) is 32.7. The maximum absolute atomic E-state index is 14.5. The number of aliphatic carboxylic acids is 1. The molecule has 0 aliphatic heterocycles. The van der Waals surface area contributed by atoms with E-state index in [0.717, 1.165) is 0 Å². The first kappa shape index (κ1) is 69.2. The minimum Gasteiger partial charge on any atom is -0.480 e. The Labute approximate surface area is 470 Å². The number of hydrogen-bond acceptors (Lipinski definition) is 17. The largest absolute Gasteiger partial charge is 0.480 e. The lowest BCUT2D eigenvalue weighted by molar-refractivity contribution is -0.142. The monoisotopic (exact) mass is 1150 g/mol. The van der Waals surface area contributed by atoms with Gasteiger partial charge in [-0.3, -0.25) is 43.3 Å². The van der Waals surface area contributed by atoms with E-state index in [0.29, 0.717) is 42.7 Å². The summed E-state index contributed by atoms with van der Waals surface area (Å²) in [7, 11) is 0. The molecule has 10 atom stereocenters. The second-order valence-corrected chi connectivity index (χ2v) is 20.7. The topological polar surface area (TPSA) is 482 Å². The van der Waals surface area contributed by atoms with Crippen LogP contribution in [-0.2, 0) is 56.0 Å². The summed E-state index contributed by atoms with van der Waals surface area (Å²) in [4.78, 5) is 134. The van der Waals surface area contributed by atoms with Crippen molar-refractivity contribution in [2.24, 2.45) is 39.6 Å². The average molecular weight is 1150 g/mol. The molecule has 22 N–H and O–H groups in total. The first-order valence-electron chi connectivity index (χ1n) is 26.7. The second kappa shape index (κ2) is 37.9. The maximum atomic E-state index is 14.5. The minimum atomic E-state index is -1.62. The average Bonchev–Trinajstić information content (AvgIpc) is 3.93. The molecule has 0 saturated carbocycles. The summed E-state index contributed by atoms with van der Waals surface area (Å²) < 4.78 is 0. The third-order valence-corrected chi connectivity index (χ3v) is 13.1. The van der Waals surface area contributed by atoms with Gasteiger partial charge in [-0.25, -0.2) is 9.78 Å². The van der Waals surface area contributed by atoms with Gasteiger partial charge in [-0.2, -0.15) is 11.8 Å². The van der Waals surface area contributed by atoms with Gasteiger partial charge in [0.25, 0.3) is 0 Å². The van der Waals surface area contributed by atoms with Gasteiger partial charge >= 0.3 is 5.97 Å². The highest BCUT2D eigenvalue weighted by Crippen LogP contribution is 2.13. The predicted molar refractivity (Wildman–Crippen MR) is 300 cm³/mol. The number of rotatable bonds is 40. The van der Waals surface area contributed by atoms with Gasteiger partial charge in [0.1, 0.15) is 54.4 Å². The zero-order valence-corrected chi connectivity index (χ0v) is 46.9. The lowest BCUT2D eigenvalue weighted by Gasteiger charge is -2.28. The van der Waals surface area contributed by atoms with Crippen molar-refractivity contribution in [2.45, 2.75) is 158 Å². The fourth-order valence-corrected chi connectivity index (χ4v) is 8.44. The molecule has 0 unspecified atom stereocenters. The number of hydrogen-bond donors (Lipinski definition) is 17. The zero-order valence-electron chi connectivity index (χ0n) is 46.1. The van der Waals surface area contributed by atoms with Crippen LogP contribution in [0, 0.1) is 5.92 Å². The van der Waals surface area contributed by atoms with Crippen LogP contribution in [0.1, 0.15) is 96.2 Å². The van der Waals surface area contributed by atoms with E-state index in [-0.39, 0.29) is 82.9 Å². The van der Waals surface area contributed by atoms with Crippen LogP contribution in [0.15, 0.2) is 47.8 Å². The summed E-state index contributed by atoms with van der Waals surface area (Å²) in [5.74, 6) is -8.02. The minimum absolute atomic E-state index is 0.0130. The summed E-state index contributed by atoms with van der Waals surface area (Å²) in [6.07, 6.45) is 4.86. The van der Waals surface area contributed by atoms with Crippen molar-refractivity contribution >= 4 is 70.9 Å². The van der Waals surface area contributed by atoms with Crippen LogP contribution < -0.4 is 71.2 Å². The Bertz CT molecular complexity index is 2280. The van der Waals surface area contributed by atoms with Crippen molar-refractivity contribution in [2.75, 3.05) is 38.2 Å². The van der Waals surface area contributed by atoms with E-state index in [1.807, 2.05) is 20.1 Å². The van der Waals surface area contributed by atoms with Gasteiger partial charge in [-0.15, -0.1) is 0 Å². The number of nitrogens with zero attached hydrogens (tertiary/aromatic N) is 2. The highest BCUT2D eigenvalue weighted by molar-refractivity contribution is 7.98. The van der Waals surface area contributed by atoms with Crippen molar-refractivity contribution in [1.29, 1.82) is 0 Å². The maximum Gasteiger partial charge on any atom is 0.326 e. The second-order valence-electron chi connectivity index (χ2n) is 19.7. The molecule has 29 heteroatoms. The first-order chi connectivity index (χ1) is 38.0. The fourth-order valence-electron chi connectivity index (χ4n) is 7.97. The molecule has 0 spiro atoms. The Hall–Kier alpha value is -6.92. The first-order valence-corrected chi connectivity index (χ1v) is 28.1. The van der Waals surface area contributed by atoms with Gasteiger partial charge in [0, 0.05) is 31.3 Å². The number of unbranched alkanes of at least 4 members (excludes halogenated alkanes) is 2. The lowest BCUT2D eigenvalue weighted by Crippen LogP contribution is -2.61. The Morgan fingerprint density at radius 2 is 1.06 bits per heavy atom.